The van der Waals surface area contributed by atoms with Gasteiger partial charge in [0.25, 0.3) is 0 Å². The highest BCUT2D eigenvalue weighted by Gasteiger charge is 2.30. The summed E-state index contributed by atoms with van der Waals surface area (Å²) < 4.78 is 38.7. The second-order valence-corrected chi connectivity index (χ2v) is 13.4. The van der Waals surface area contributed by atoms with Crippen LogP contribution in [-0.4, -0.2) is 40.4 Å². The number of thiophene rings is 1. The number of nitrogens with zero attached hydrogens (tertiary/aromatic N) is 2. The zero-order valence-electron chi connectivity index (χ0n) is 26.8. The number of carboxylic acid groups (broad SMARTS) is 1. The number of ether oxygens (including phenoxy) is 4. The third-order valence-electron chi connectivity index (χ3n) is 8.42. The van der Waals surface area contributed by atoms with E-state index in [0.29, 0.717) is 70.9 Å². The lowest BCUT2D eigenvalue weighted by atomic mass is 9.92. The molecule has 0 radical (unpaired) electrons. The lowest BCUT2D eigenvalue weighted by Crippen LogP contribution is -2.30. The molecule has 2 aliphatic rings. The number of hydrogen-bond acceptors (Lipinski definition) is 8. The molecule has 0 unspecified atom stereocenters. The summed E-state index contributed by atoms with van der Waals surface area (Å²) in [6, 6.07) is 21.0. The molecule has 4 heterocycles. The number of halogens is 3. The molecule has 0 amide bonds. The minimum absolute atomic E-state index is 0.0526. The molecular formula is C38H29Cl2FN2O6S. The van der Waals surface area contributed by atoms with Gasteiger partial charge in [0.05, 0.1) is 15.4 Å². The quantitative estimate of drug-likeness (QED) is 0.187. The highest BCUT2D eigenvalue weighted by Crippen LogP contribution is 2.52. The van der Waals surface area contributed by atoms with Gasteiger partial charge >= 0.3 is 5.97 Å². The Labute approximate surface area is 301 Å². The lowest BCUT2D eigenvalue weighted by molar-refractivity contribution is -0.145. The van der Waals surface area contributed by atoms with E-state index in [-0.39, 0.29) is 37.9 Å². The Morgan fingerprint density at radius 3 is 2.40 bits per heavy atom. The Morgan fingerprint density at radius 2 is 1.68 bits per heavy atom. The molecule has 0 saturated carbocycles. The second-order valence-electron chi connectivity index (χ2n) is 11.6. The first-order chi connectivity index (χ1) is 24.2. The Bertz CT molecular complexity index is 2200. The van der Waals surface area contributed by atoms with Crippen LogP contribution in [0.1, 0.15) is 22.3 Å². The van der Waals surface area contributed by atoms with Crippen molar-refractivity contribution in [3.63, 3.8) is 0 Å². The van der Waals surface area contributed by atoms with Gasteiger partial charge in [-0.15, -0.1) is 11.3 Å². The summed E-state index contributed by atoms with van der Waals surface area (Å²) in [5, 5.41) is 11.6. The number of rotatable bonds is 5. The average Bonchev–Trinajstić information content (AvgIpc) is 3.50. The van der Waals surface area contributed by atoms with Gasteiger partial charge in [0.1, 0.15) is 48.3 Å². The summed E-state index contributed by atoms with van der Waals surface area (Å²) in [5.74, 6) is -0.264. The van der Waals surface area contributed by atoms with Crippen molar-refractivity contribution in [3.8, 4) is 44.7 Å². The van der Waals surface area contributed by atoms with E-state index in [0.717, 1.165) is 10.4 Å². The van der Waals surface area contributed by atoms with Gasteiger partial charge in [0.2, 0.25) is 12.0 Å². The van der Waals surface area contributed by atoms with Crippen LogP contribution < -0.4 is 18.9 Å². The average molecular weight is 732 g/mol. The van der Waals surface area contributed by atoms with Gasteiger partial charge in [0.15, 0.2) is 5.75 Å². The molecule has 2 aliphatic heterocycles. The number of fused-ring (bicyclic) bond motifs is 7. The van der Waals surface area contributed by atoms with Crippen molar-refractivity contribution in [2.24, 2.45) is 0 Å². The van der Waals surface area contributed by atoms with E-state index < -0.39 is 12.1 Å². The van der Waals surface area contributed by atoms with Crippen LogP contribution in [0.15, 0.2) is 79.1 Å². The first kappa shape index (κ1) is 33.6. The normalized spacial score (nSPS) is 14.4. The van der Waals surface area contributed by atoms with Crippen LogP contribution in [0.5, 0.6) is 23.1 Å². The van der Waals surface area contributed by atoms with Crippen LogP contribution in [0.25, 0.3) is 31.8 Å². The summed E-state index contributed by atoms with van der Waals surface area (Å²) in [4.78, 5) is 23.1. The van der Waals surface area contributed by atoms with Crippen LogP contribution in [0.2, 0.25) is 10.0 Å². The molecule has 0 saturated heterocycles. The zero-order chi connectivity index (χ0) is 34.9. The molecule has 0 aliphatic carbocycles. The van der Waals surface area contributed by atoms with E-state index in [2.05, 4.69) is 9.97 Å². The first-order valence-electron chi connectivity index (χ1n) is 15.7. The molecule has 0 spiro atoms. The van der Waals surface area contributed by atoms with Crippen molar-refractivity contribution in [2.75, 3.05) is 13.2 Å². The predicted octanol–water partition coefficient (Wildman–Crippen LogP) is 9.51. The molecule has 4 aromatic carbocycles. The highest BCUT2D eigenvalue weighted by atomic mass is 35.5. The van der Waals surface area contributed by atoms with E-state index in [9.17, 15) is 14.3 Å². The summed E-state index contributed by atoms with van der Waals surface area (Å²) in [6.45, 7) is 4.25. The van der Waals surface area contributed by atoms with Crippen molar-refractivity contribution >= 4 is 50.7 Å². The maximum atomic E-state index is 14.1. The van der Waals surface area contributed by atoms with Crippen molar-refractivity contribution in [1.29, 1.82) is 0 Å². The number of hydrogen-bond donors (Lipinski definition) is 1. The Hall–Kier alpha value is -4.90. The maximum Gasteiger partial charge on any atom is 0.345 e. The van der Waals surface area contributed by atoms with Crippen LogP contribution in [0.3, 0.4) is 0 Å². The molecule has 6 aromatic rings. The molecule has 50 heavy (non-hydrogen) atoms. The first-order valence-corrected chi connectivity index (χ1v) is 17.2. The Kier molecular flexibility index (Phi) is 9.50. The monoisotopic (exact) mass is 730 g/mol. The fraction of sp³-hybridized carbons (Fsp3) is 0.184. The van der Waals surface area contributed by atoms with E-state index in [1.807, 2.05) is 44.2 Å². The molecule has 8 nitrogen and oxygen atoms in total. The van der Waals surface area contributed by atoms with Gasteiger partial charge in [-0.3, -0.25) is 0 Å². The van der Waals surface area contributed by atoms with Gasteiger partial charge in [-0.25, -0.2) is 19.2 Å². The van der Waals surface area contributed by atoms with Crippen molar-refractivity contribution in [2.45, 2.75) is 33.0 Å². The highest BCUT2D eigenvalue weighted by molar-refractivity contribution is 7.22. The van der Waals surface area contributed by atoms with Gasteiger partial charge < -0.3 is 24.1 Å². The summed E-state index contributed by atoms with van der Waals surface area (Å²) in [6.07, 6.45) is -0.138. The molecule has 1 atom stereocenters. The lowest BCUT2D eigenvalue weighted by Gasteiger charge is -2.20. The number of benzene rings is 4. The third kappa shape index (κ3) is 6.54. The van der Waals surface area contributed by atoms with Crippen molar-refractivity contribution in [1.82, 2.24) is 9.97 Å². The fourth-order valence-corrected chi connectivity index (χ4v) is 7.66. The van der Waals surface area contributed by atoms with Gasteiger partial charge in [-0.05, 0) is 72.0 Å². The predicted molar refractivity (Wildman–Crippen MR) is 192 cm³/mol. The Morgan fingerprint density at radius 1 is 0.960 bits per heavy atom. The second kappa shape index (κ2) is 14.1. The van der Waals surface area contributed by atoms with Crippen LogP contribution in [0.4, 0.5) is 4.39 Å². The maximum absolute atomic E-state index is 14.1. The van der Waals surface area contributed by atoms with Crippen LogP contribution in [0, 0.1) is 19.7 Å². The number of carboxylic acids is 1. The molecule has 1 N–H and O–H groups in total. The standard InChI is InChI=1S/C38H29Cl2FN2O6S/c1-20-29-21(2)33(40)34(32(20)39)47-15-14-46-26-12-13-27(48-18-22-6-4-3-5-7-22)24(16-26)17-28(38(44)45)49-36-31-30(29)35(50-37(31)43-19-42-36)23-8-10-25(41)11-9-23/h3-13,16,19,28H,14-15,17-18H2,1-2H3,(H,44,45)/t28-/m1/s1. The van der Waals surface area contributed by atoms with Crippen molar-refractivity contribution < 1.29 is 33.2 Å². The van der Waals surface area contributed by atoms with Crippen LogP contribution >= 0.6 is 34.5 Å². The number of aromatic nitrogens is 2. The summed E-state index contributed by atoms with van der Waals surface area (Å²) in [5.41, 5.74) is 4.84. The number of carbonyl (C=O) groups is 1. The number of aliphatic carboxylic acids is 1. The van der Waals surface area contributed by atoms with E-state index in [4.69, 9.17) is 42.1 Å². The van der Waals surface area contributed by atoms with E-state index in [1.165, 1.54) is 29.8 Å². The van der Waals surface area contributed by atoms with Crippen LogP contribution in [-0.2, 0) is 17.8 Å². The van der Waals surface area contributed by atoms with E-state index in [1.54, 1.807) is 30.3 Å². The van der Waals surface area contributed by atoms with Crippen molar-refractivity contribution in [3.05, 3.63) is 117 Å². The third-order valence-corrected chi connectivity index (χ3v) is 10.5. The minimum atomic E-state index is -1.39. The SMILES string of the molecule is Cc1c(Cl)c2c(Cl)c(C)c1-c1c(-c3ccc(F)cc3)sc3ncnc(c13)O[C@@H](C(=O)O)Cc1cc(ccc1OCc1ccccc1)OCCO2. The summed E-state index contributed by atoms with van der Waals surface area (Å²) in [7, 11) is 0. The minimum Gasteiger partial charge on any atom is -0.490 e. The molecule has 4 bridgehead atoms. The van der Waals surface area contributed by atoms with Gasteiger partial charge in [0, 0.05) is 22.4 Å². The largest absolute Gasteiger partial charge is 0.490 e. The van der Waals surface area contributed by atoms with E-state index >= 15 is 0 Å². The summed E-state index contributed by atoms with van der Waals surface area (Å²) >= 11 is 15.3. The Balaban J connectivity index is 1.42. The molecule has 12 heteroatoms. The molecule has 8 rings (SSSR count). The zero-order valence-corrected chi connectivity index (χ0v) is 29.2. The molecule has 0 fully saturated rings. The molecule has 2 aromatic heterocycles. The fourth-order valence-electron chi connectivity index (χ4n) is 5.98. The van der Waals surface area contributed by atoms with Gasteiger partial charge in [-0.2, -0.15) is 0 Å². The molecular weight excluding hydrogens is 702 g/mol. The topological polar surface area (TPSA) is 100 Å². The molecule has 254 valence electrons. The van der Waals surface area contributed by atoms with Gasteiger partial charge in [-0.1, -0.05) is 65.7 Å². The smallest absolute Gasteiger partial charge is 0.345 e.